The molecule has 1 heterocycles. The van der Waals surface area contributed by atoms with E-state index in [0.29, 0.717) is 0 Å². The zero-order valence-corrected chi connectivity index (χ0v) is 10.4. The van der Waals surface area contributed by atoms with E-state index in [1.807, 2.05) is 0 Å². The van der Waals surface area contributed by atoms with Crippen molar-refractivity contribution in [2.45, 2.75) is 0 Å². The monoisotopic (exact) mass is 319 g/mol. The SMILES string of the molecule is O=C(O)c1cc(-c2c(F)ccc(Cl)c2Br)on1. The van der Waals surface area contributed by atoms with Crippen LogP contribution >= 0.6 is 27.5 Å². The van der Waals surface area contributed by atoms with Crippen molar-refractivity contribution in [2.24, 2.45) is 0 Å². The van der Waals surface area contributed by atoms with Crippen LogP contribution in [0, 0.1) is 5.82 Å². The lowest BCUT2D eigenvalue weighted by Crippen LogP contribution is -1.94. The van der Waals surface area contributed by atoms with Crippen LogP contribution in [0.4, 0.5) is 4.39 Å². The minimum Gasteiger partial charge on any atom is -0.476 e. The van der Waals surface area contributed by atoms with Crippen LogP contribution in [0.3, 0.4) is 0 Å². The third kappa shape index (κ3) is 2.18. The van der Waals surface area contributed by atoms with Gasteiger partial charge in [0, 0.05) is 6.07 Å². The molecule has 4 nitrogen and oxygen atoms in total. The van der Waals surface area contributed by atoms with E-state index < -0.39 is 11.8 Å². The van der Waals surface area contributed by atoms with Crippen LogP contribution < -0.4 is 0 Å². The highest BCUT2D eigenvalue weighted by molar-refractivity contribution is 9.10. The number of carboxylic acid groups (broad SMARTS) is 1. The number of aromatic carboxylic acids is 1. The molecule has 0 amide bonds. The Bertz CT molecular complexity index is 599. The smallest absolute Gasteiger partial charge is 0.358 e. The number of benzene rings is 1. The van der Waals surface area contributed by atoms with Gasteiger partial charge in [-0.25, -0.2) is 9.18 Å². The zero-order chi connectivity index (χ0) is 12.6. The summed E-state index contributed by atoms with van der Waals surface area (Å²) in [4.78, 5) is 10.6. The van der Waals surface area contributed by atoms with Crippen LogP contribution in [0.2, 0.25) is 5.02 Å². The van der Waals surface area contributed by atoms with Crippen molar-refractivity contribution in [2.75, 3.05) is 0 Å². The standard InChI is InChI=1S/C10H4BrClFNO3/c11-9-4(12)1-2-5(13)8(9)7-3-6(10(15)16)14-17-7/h1-3H,(H,15,16). The summed E-state index contributed by atoms with van der Waals surface area (Å²) in [6.45, 7) is 0. The number of hydrogen-bond acceptors (Lipinski definition) is 3. The van der Waals surface area contributed by atoms with Gasteiger partial charge in [0.2, 0.25) is 0 Å². The molecule has 2 aromatic rings. The van der Waals surface area contributed by atoms with E-state index in [-0.39, 0.29) is 26.5 Å². The Labute approximate surface area is 108 Å². The Morgan fingerprint density at radius 1 is 1.53 bits per heavy atom. The summed E-state index contributed by atoms with van der Waals surface area (Å²) in [5, 5.41) is 12.3. The number of rotatable bonds is 2. The van der Waals surface area contributed by atoms with Gasteiger partial charge in [-0.1, -0.05) is 16.8 Å². The first kappa shape index (κ1) is 12.1. The molecule has 0 radical (unpaired) electrons. The fourth-order valence-electron chi connectivity index (χ4n) is 1.25. The number of carboxylic acids is 1. The Balaban J connectivity index is 2.60. The number of nitrogens with zero attached hydrogens (tertiary/aromatic N) is 1. The second kappa shape index (κ2) is 4.46. The maximum absolute atomic E-state index is 13.6. The van der Waals surface area contributed by atoms with Gasteiger partial charge in [-0.05, 0) is 28.1 Å². The maximum Gasteiger partial charge on any atom is 0.358 e. The maximum atomic E-state index is 13.6. The van der Waals surface area contributed by atoms with Gasteiger partial charge in [0.15, 0.2) is 11.5 Å². The summed E-state index contributed by atoms with van der Waals surface area (Å²) in [5.74, 6) is -1.85. The molecule has 0 aliphatic heterocycles. The summed E-state index contributed by atoms with van der Waals surface area (Å²) >= 11 is 8.92. The Morgan fingerprint density at radius 3 is 2.82 bits per heavy atom. The van der Waals surface area contributed by atoms with Crippen molar-refractivity contribution in [3.63, 3.8) is 0 Å². The van der Waals surface area contributed by atoms with E-state index in [0.717, 1.165) is 12.1 Å². The second-order valence-corrected chi connectivity index (χ2v) is 4.30. The highest BCUT2D eigenvalue weighted by Gasteiger charge is 2.19. The molecule has 0 aliphatic carbocycles. The molecule has 0 bridgehead atoms. The van der Waals surface area contributed by atoms with Crippen LogP contribution in [0.5, 0.6) is 0 Å². The molecule has 0 aliphatic rings. The van der Waals surface area contributed by atoms with Crippen LogP contribution in [-0.2, 0) is 0 Å². The Morgan fingerprint density at radius 2 is 2.24 bits per heavy atom. The minimum atomic E-state index is -1.25. The van der Waals surface area contributed by atoms with E-state index in [1.165, 1.54) is 6.07 Å². The van der Waals surface area contributed by atoms with Crippen molar-refractivity contribution in [1.82, 2.24) is 5.16 Å². The second-order valence-electron chi connectivity index (χ2n) is 3.10. The zero-order valence-electron chi connectivity index (χ0n) is 8.08. The number of carbonyl (C=O) groups is 1. The molecule has 1 aromatic carbocycles. The van der Waals surface area contributed by atoms with Gasteiger partial charge in [0.25, 0.3) is 0 Å². The van der Waals surface area contributed by atoms with Gasteiger partial charge in [0.05, 0.1) is 15.1 Å². The average Bonchev–Trinajstić information content (AvgIpc) is 2.73. The van der Waals surface area contributed by atoms with Crippen molar-refractivity contribution in [3.8, 4) is 11.3 Å². The lowest BCUT2D eigenvalue weighted by Gasteiger charge is -2.03. The lowest BCUT2D eigenvalue weighted by atomic mass is 10.1. The van der Waals surface area contributed by atoms with E-state index >= 15 is 0 Å². The first-order chi connectivity index (χ1) is 8.00. The summed E-state index contributed by atoms with van der Waals surface area (Å²) in [5.41, 5.74) is -0.260. The Kier molecular flexibility index (Phi) is 3.17. The molecular weight excluding hydrogens is 316 g/mol. The summed E-state index contributed by atoms with van der Waals surface area (Å²) < 4.78 is 18.7. The third-order valence-corrected chi connectivity index (χ3v) is 3.39. The minimum absolute atomic E-state index is 0.00530. The van der Waals surface area contributed by atoms with Gasteiger partial charge < -0.3 is 9.63 Å². The molecule has 17 heavy (non-hydrogen) atoms. The van der Waals surface area contributed by atoms with Crippen LogP contribution in [0.1, 0.15) is 10.5 Å². The molecular formula is C10H4BrClFNO3. The quantitative estimate of drug-likeness (QED) is 0.859. The molecule has 0 saturated heterocycles. The van der Waals surface area contributed by atoms with Crippen LogP contribution in [-0.4, -0.2) is 16.2 Å². The van der Waals surface area contributed by atoms with Crippen molar-refractivity contribution in [3.05, 3.63) is 39.2 Å². The van der Waals surface area contributed by atoms with Gasteiger partial charge in [0.1, 0.15) is 5.82 Å². The molecule has 0 saturated carbocycles. The summed E-state index contributed by atoms with van der Waals surface area (Å²) in [7, 11) is 0. The average molecular weight is 321 g/mol. The molecule has 0 spiro atoms. The number of halogens is 3. The number of aromatic nitrogens is 1. The fourth-order valence-corrected chi connectivity index (χ4v) is 1.92. The van der Waals surface area contributed by atoms with Gasteiger partial charge in [-0.3, -0.25) is 0 Å². The van der Waals surface area contributed by atoms with Gasteiger partial charge >= 0.3 is 5.97 Å². The van der Waals surface area contributed by atoms with E-state index in [2.05, 4.69) is 21.1 Å². The molecule has 0 unspecified atom stereocenters. The highest BCUT2D eigenvalue weighted by atomic mass is 79.9. The first-order valence-corrected chi connectivity index (χ1v) is 5.51. The Hall–Kier alpha value is -1.40. The van der Waals surface area contributed by atoms with Crippen LogP contribution in [0.15, 0.2) is 27.2 Å². The molecule has 2 rings (SSSR count). The summed E-state index contributed by atoms with van der Waals surface area (Å²) in [6, 6.07) is 3.66. The predicted molar refractivity (Wildman–Crippen MR) is 61.6 cm³/mol. The van der Waals surface area contributed by atoms with E-state index in [1.54, 1.807) is 0 Å². The molecule has 88 valence electrons. The normalized spacial score (nSPS) is 10.5. The third-order valence-electron chi connectivity index (χ3n) is 2.02. The van der Waals surface area contributed by atoms with Gasteiger partial charge in [-0.15, -0.1) is 0 Å². The number of hydrogen-bond donors (Lipinski definition) is 1. The molecule has 1 N–H and O–H groups in total. The largest absolute Gasteiger partial charge is 0.476 e. The molecule has 0 atom stereocenters. The predicted octanol–water partition coefficient (Wildman–Crippen LogP) is 3.59. The van der Waals surface area contributed by atoms with Crippen molar-refractivity contribution < 1.29 is 18.8 Å². The van der Waals surface area contributed by atoms with Crippen molar-refractivity contribution in [1.29, 1.82) is 0 Å². The van der Waals surface area contributed by atoms with Crippen LogP contribution in [0.25, 0.3) is 11.3 Å². The fraction of sp³-hybridized carbons (Fsp3) is 0. The lowest BCUT2D eigenvalue weighted by molar-refractivity contribution is 0.0686. The van der Waals surface area contributed by atoms with E-state index in [4.69, 9.17) is 21.2 Å². The van der Waals surface area contributed by atoms with E-state index in [9.17, 15) is 9.18 Å². The molecule has 0 fully saturated rings. The van der Waals surface area contributed by atoms with Gasteiger partial charge in [-0.2, -0.15) is 0 Å². The highest BCUT2D eigenvalue weighted by Crippen LogP contribution is 2.36. The molecule has 7 heteroatoms. The first-order valence-electron chi connectivity index (χ1n) is 4.34. The van der Waals surface area contributed by atoms with Crippen molar-refractivity contribution >= 4 is 33.5 Å². The summed E-state index contributed by atoms with van der Waals surface area (Å²) in [6.07, 6.45) is 0. The topological polar surface area (TPSA) is 63.3 Å². The molecule has 1 aromatic heterocycles.